The van der Waals surface area contributed by atoms with Gasteiger partial charge in [0.1, 0.15) is 10.8 Å². The molecule has 2 aromatic rings. The van der Waals surface area contributed by atoms with Gasteiger partial charge in [-0.15, -0.1) is 0 Å². The zero-order valence-electron chi connectivity index (χ0n) is 10.3. The Morgan fingerprint density at radius 2 is 2.28 bits per heavy atom. The summed E-state index contributed by atoms with van der Waals surface area (Å²) in [6.45, 7) is 4.77. The molecule has 0 aliphatic carbocycles. The number of rotatable bonds is 4. The molecule has 0 aromatic carbocycles. The Bertz CT molecular complexity index is 576. The normalized spacial score (nSPS) is 10.3. The van der Waals surface area contributed by atoms with E-state index in [-0.39, 0.29) is 0 Å². The van der Waals surface area contributed by atoms with Gasteiger partial charge in [0.05, 0.1) is 11.9 Å². The molecule has 6 heteroatoms. The van der Waals surface area contributed by atoms with Crippen molar-refractivity contribution in [3.63, 3.8) is 0 Å². The number of aromatic nitrogens is 3. The minimum atomic E-state index is 0.368. The molecule has 0 aliphatic rings. The molecule has 2 heterocycles. The predicted octanol–water partition coefficient (Wildman–Crippen LogP) is 1.98. The highest BCUT2D eigenvalue weighted by molar-refractivity contribution is 7.80. The molecule has 0 bridgehead atoms. The number of pyridine rings is 1. The van der Waals surface area contributed by atoms with Crippen molar-refractivity contribution in [3.05, 3.63) is 35.8 Å². The maximum Gasteiger partial charge on any atom is 0.131 e. The Balaban J connectivity index is 2.25. The highest BCUT2D eigenvalue weighted by Gasteiger charge is 2.04. The molecule has 0 fully saturated rings. The third kappa shape index (κ3) is 2.84. The number of hydrogen-bond acceptors (Lipinski definition) is 4. The van der Waals surface area contributed by atoms with E-state index in [1.807, 2.05) is 36.9 Å². The summed E-state index contributed by atoms with van der Waals surface area (Å²) in [5, 5.41) is 7.37. The summed E-state index contributed by atoms with van der Waals surface area (Å²) in [7, 11) is 0. The Morgan fingerprint density at radius 3 is 2.89 bits per heavy atom. The van der Waals surface area contributed by atoms with Crippen LogP contribution in [0.1, 0.15) is 18.2 Å². The summed E-state index contributed by atoms with van der Waals surface area (Å²) in [5.74, 6) is 0.716. The number of nitrogens with one attached hydrogen (secondary N) is 1. The van der Waals surface area contributed by atoms with Crippen LogP contribution in [0.4, 0.5) is 11.5 Å². The van der Waals surface area contributed by atoms with Crippen molar-refractivity contribution in [2.45, 2.75) is 20.4 Å². The van der Waals surface area contributed by atoms with Gasteiger partial charge in [0.15, 0.2) is 0 Å². The molecule has 0 spiro atoms. The Kier molecular flexibility index (Phi) is 3.57. The molecule has 0 saturated carbocycles. The predicted molar refractivity (Wildman–Crippen MR) is 76.0 cm³/mol. The van der Waals surface area contributed by atoms with Crippen molar-refractivity contribution in [2.24, 2.45) is 5.73 Å². The number of nitrogens with two attached hydrogens (primary N) is 1. The molecule has 0 amide bonds. The third-order valence-corrected chi connectivity index (χ3v) is 2.70. The van der Waals surface area contributed by atoms with Crippen molar-refractivity contribution in [1.82, 2.24) is 14.8 Å². The van der Waals surface area contributed by atoms with Crippen LogP contribution in [0.2, 0.25) is 0 Å². The fourth-order valence-electron chi connectivity index (χ4n) is 1.62. The lowest BCUT2D eigenvalue weighted by Gasteiger charge is -2.06. The molecule has 0 radical (unpaired) electrons. The van der Waals surface area contributed by atoms with Gasteiger partial charge in [0, 0.05) is 24.0 Å². The molecular formula is C12H15N5S. The first-order chi connectivity index (χ1) is 8.58. The van der Waals surface area contributed by atoms with Crippen LogP contribution >= 0.6 is 12.2 Å². The molecule has 3 N–H and O–H groups in total. The molecule has 2 aromatic heterocycles. The lowest BCUT2D eigenvalue weighted by Crippen LogP contribution is -2.10. The van der Waals surface area contributed by atoms with Crippen molar-refractivity contribution >= 4 is 28.7 Å². The SMILES string of the molecule is CCn1cc(Nc2cc(C(N)=S)cc(C)n2)cn1. The molecule has 0 saturated heterocycles. The van der Waals surface area contributed by atoms with Crippen LogP contribution in [0.3, 0.4) is 0 Å². The third-order valence-electron chi connectivity index (χ3n) is 2.47. The summed E-state index contributed by atoms with van der Waals surface area (Å²) < 4.78 is 1.84. The summed E-state index contributed by atoms with van der Waals surface area (Å²) in [6.07, 6.45) is 3.68. The standard InChI is InChI=1S/C12H15N5S/c1-3-17-7-10(6-14-17)16-11-5-9(12(13)18)4-8(2)15-11/h4-7H,3H2,1-2H3,(H2,13,18)(H,15,16). The van der Waals surface area contributed by atoms with E-state index in [1.54, 1.807) is 6.20 Å². The summed E-state index contributed by atoms with van der Waals surface area (Å²) >= 11 is 4.97. The zero-order chi connectivity index (χ0) is 13.1. The van der Waals surface area contributed by atoms with Gasteiger partial charge in [-0.2, -0.15) is 5.10 Å². The maximum atomic E-state index is 5.63. The lowest BCUT2D eigenvalue weighted by atomic mass is 10.2. The highest BCUT2D eigenvalue weighted by Crippen LogP contribution is 2.16. The molecule has 2 rings (SSSR count). The average Bonchev–Trinajstić information content (AvgIpc) is 2.76. The van der Waals surface area contributed by atoms with Gasteiger partial charge in [-0.1, -0.05) is 12.2 Å². The second kappa shape index (κ2) is 5.14. The van der Waals surface area contributed by atoms with Crippen LogP contribution in [-0.2, 0) is 6.54 Å². The van der Waals surface area contributed by atoms with Crippen molar-refractivity contribution in [1.29, 1.82) is 0 Å². The zero-order valence-corrected chi connectivity index (χ0v) is 11.2. The fraction of sp³-hybridized carbons (Fsp3) is 0.250. The van der Waals surface area contributed by atoms with Crippen LogP contribution in [0.5, 0.6) is 0 Å². The average molecular weight is 261 g/mol. The van der Waals surface area contributed by atoms with Gasteiger partial charge in [-0.05, 0) is 26.0 Å². The van der Waals surface area contributed by atoms with Crippen molar-refractivity contribution < 1.29 is 0 Å². The molecule has 0 unspecified atom stereocenters. The van der Waals surface area contributed by atoms with Crippen LogP contribution in [0, 0.1) is 6.92 Å². The van der Waals surface area contributed by atoms with E-state index in [9.17, 15) is 0 Å². The first-order valence-corrected chi connectivity index (χ1v) is 6.07. The number of hydrogen-bond donors (Lipinski definition) is 2. The van der Waals surface area contributed by atoms with E-state index in [4.69, 9.17) is 18.0 Å². The van der Waals surface area contributed by atoms with Gasteiger partial charge in [-0.25, -0.2) is 4.98 Å². The fourth-order valence-corrected chi connectivity index (χ4v) is 1.74. The van der Waals surface area contributed by atoms with E-state index < -0.39 is 0 Å². The Labute approximate surface area is 111 Å². The second-order valence-electron chi connectivity index (χ2n) is 3.96. The number of anilines is 2. The van der Waals surface area contributed by atoms with Crippen molar-refractivity contribution in [2.75, 3.05) is 5.32 Å². The quantitative estimate of drug-likeness (QED) is 0.824. The molecule has 5 nitrogen and oxygen atoms in total. The number of nitrogens with zero attached hydrogens (tertiary/aromatic N) is 3. The molecule has 0 aliphatic heterocycles. The topological polar surface area (TPSA) is 68.8 Å². The monoisotopic (exact) mass is 261 g/mol. The van der Waals surface area contributed by atoms with Gasteiger partial charge >= 0.3 is 0 Å². The largest absolute Gasteiger partial charge is 0.389 e. The Hall–Kier alpha value is -1.95. The maximum absolute atomic E-state index is 5.63. The second-order valence-corrected chi connectivity index (χ2v) is 4.40. The molecule has 18 heavy (non-hydrogen) atoms. The van der Waals surface area contributed by atoms with Gasteiger partial charge in [-0.3, -0.25) is 4.68 Å². The smallest absolute Gasteiger partial charge is 0.131 e. The highest BCUT2D eigenvalue weighted by atomic mass is 32.1. The minimum absolute atomic E-state index is 0.368. The van der Waals surface area contributed by atoms with E-state index in [0.29, 0.717) is 10.8 Å². The number of aryl methyl sites for hydroxylation is 2. The first kappa shape index (κ1) is 12.5. The number of thiocarbonyl (C=S) groups is 1. The van der Waals surface area contributed by atoms with E-state index in [2.05, 4.69) is 15.4 Å². The van der Waals surface area contributed by atoms with Gasteiger partial charge < -0.3 is 11.1 Å². The summed E-state index contributed by atoms with van der Waals surface area (Å²) in [4.78, 5) is 4.75. The van der Waals surface area contributed by atoms with Crippen LogP contribution < -0.4 is 11.1 Å². The molecular weight excluding hydrogens is 246 g/mol. The van der Waals surface area contributed by atoms with Crippen LogP contribution in [0.25, 0.3) is 0 Å². The lowest BCUT2D eigenvalue weighted by molar-refractivity contribution is 0.660. The van der Waals surface area contributed by atoms with Gasteiger partial charge in [0.25, 0.3) is 0 Å². The van der Waals surface area contributed by atoms with Crippen molar-refractivity contribution in [3.8, 4) is 0 Å². The summed E-state index contributed by atoms with van der Waals surface area (Å²) in [5.41, 5.74) is 8.20. The van der Waals surface area contributed by atoms with Crippen LogP contribution in [0.15, 0.2) is 24.5 Å². The molecule has 94 valence electrons. The summed E-state index contributed by atoms with van der Waals surface area (Å²) in [6, 6.07) is 3.70. The van der Waals surface area contributed by atoms with Crippen LogP contribution in [-0.4, -0.2) is 19.8 Å². The Morgan fingerprint density at radius 1 is 1.50 bits per heavy atom. The van der Waals surface area contributed by atoms with Gasteiger partial charge in [0.2, 0.25) is 0 Å². The van der Waals surface area contributed by atoms with E-state index in [0.717, 1.165) is 23.5 Å². The molecule has 0 atom stereocenters. The van der Waals surface area contributed by atoms with E-state index in [1.165, 1.54) is 0 Å². The first-order valence-electron chi connectivity index (χ1n) is 5.66. The van der Waals surface area contributed by atoms with E-state index >= 15 is 0 Å². The minimum Gasteiger partial charge on any atom is -0.389 e.